The van der Waals surface area contributed by atoms with Crippen molar-refractivity contribution >= 4 is 35.0 Å². The summed E-state index contributed by atoms with van der Waals surface area (Å²) in [4.78, 5) is 27.8. The van der Waals surface area contributed by atoms with Gasteiger partial charge in [-0.25, -0.2) is 0 Å². The molecule has 0 heterocycles. The van der Waals surface area contributed by atoms with Gasteiger partial charge in [0.2, 0.25) is 11.8 Å². The lowest BCUT2D eigenvalue weighted by Crippen LogP contribution is -2.49. The van der Waals surface area contributed by atoms with Crippen LogP contribution in [0.1, 0.15) is 51.7 Å². The number of aryl methyl sites for hydroxylation is 1. The number of amides is 2. The maximum absolute atomic E-state index is 13.4. The Morgan fingerprint density at radius 2 is 1.59 bits per heavy atom. The topological polar surface area (TPSA) is 67.9 Å². The first-order chi connectivity index (χ1) is 16.3. The van der Waals surface area contributed by atoms with Crippen molar-refractivity contribution in [1.82, 2.24) is 10.2 Å². The number of rotatable bonds is 13. The lowest BCUT2D eigenvalue weighted by Gasteiger charge is -2.30. The van der Waals surface area contributed by atoms with Crippen LogP contribution in [0.5, 0.6) is 11.5 Å². The number of hydrogen-bond donors (Lipinski definition) is 1. The molecule has 34 heavy (non-hydrogen) atoms. The van der Waals surface area contributed by atoms with Crippen LogP contribution >= 0.6 is 23.2 Å². The maximum Gasteiger partial charge on any atom is 0.242 e. The van der Waals surface area contributed by atoms with E-state index in [-0.39, 0.29) is 24.8 Å². The lowest BCUT2D eigenvalue weighted by atomic mass is 10.1. The molecular weight excluding hydrogens is 475 g/mol. The third kappa shape index (κ3) is 7.81. The Labute approximate surface area is 212 Å². The van der Waals surface area contributed by atoms with Crippen molar-refractivity contribution in [2.45, 2.75) is 59.5 Å². The van der Waals surface area contributed by atoms with Crippen LogP contribution in [-0.2, 0) is 22.6 Å². The second-order valence-electron chi connectivity index (χ2n) is 7.74. The summed E-state index contributed by atoms with van der Waals surface area (Å²) in [6.07, 6.45) is 1.25. The van der Waals surface area contributed by atoms with Crippen molar-refractivity contribution in [3.63, 3.8) is 0 Å². The van der Waals surface area contributed by atoms with Gasteiger partial charge in [0.25, 0.3) is 0 Å². The fourth-order valence-electron chi connectivity index (χ4n) is 3.69. The fraction of sp³-hybridized carbons (Fsp3) is 0.462. The first kappa shape index (κ1) is 27.8. The fourth-order valence-corrected chi connectivity index (χ4v) is 4.01. The Hall–Kier alpha value is -2.44. The molecule has 0 fully saturated rings. The maximum atomic E-state index is 13.4. The van der Waals surface area contributed by atoms with Gasteiger partial charge < -0.3 is 19.7 Å². The van der Waals surface area contributed by atoms with Crippen LogP contribution in [0.25, 0.3) is 0 Å². The summed E-state index contributed by atoms with van der Waals surface area (Å²) in [6, 6.07) is 10.4. The van der Waals surface area contributed by atoms with Gasteiger partial charge in [-0.3, -0.25) is 9.59 Å². The Bertz CT molecular complexity index is 968. The lowest BCUT2D eigenvalue weighted by molar-refractivity contribution is -0.141. The van der Waals surface area contributed by atoms with Gasteiger partial charge in [-0.15, -0.1) is 0 Å². The summed E-state index contributed by atoms with van der Waals surface area (Å²) in [5, 5.41) is 3.70. The number of nitrogens with zero attached hydrogens (tertiary/aromatic N) is 1. The summed E-state index contributed by atoms with van der Waals surface area (Å²) in [5.74, 6) is 1.06. The molecule has 1 N–H and O–H groups in total. The number of benzene rings is 2. The minimum absolute atomic E-state index is 0.115. The molecule has 186 valence electrons. The Morgan fingerprint density at radius 3 is 2.21 bits per heavy atom. The minimum Gasteiger partial charge on any atom is -0.490 e. The molecule has 0 saturated heterocycles. The predicted octanol–water partition coefficient (Wildman–Crippen LogP) is 5.67. The van der Waals surface area contributed by atoms with Gasteiger partial charge in [-0.05, 0) is 69.0 Å². The average molecular weight is 509 g/mol. The number of ether oxygens (including phenoxy) is 2. The van der Waals surface area contributed by atoms with Gasteiger partial charge in [-0.1, -0.05) is 42.3 Å². The number of likely N-dealkylation sites (N-methyl/N-ethyl adjacent to an activating group) is 1. The van der Waals surface area contributed by atoms with E-state index in [4.69, 9.17) is 32.7 Å². The van der Waals surface area contributed by atoms with Crippen molar-refractivity contribution in [3.8, 4) is 11.5 Å². The molecule has 2 aromatic carbocycles. The number of carbonyl (C=O) groups is 2. The molecule has 0 aliphatic heterocycles. The van der Waals surface area contributed by atoms with Crippen molar-refractivity contribution in [2.75, 3.05) is 19.8 Å². The molecule has 2 aromatic rings. The largest absolute Gasteiger partial charge is 0.490 e. The van der Waals surface area contributed by atoms with Crippen LogP contribution in [0, 0.1) is 0 Å². The van der Waals surface area contributed by atoms with Crippen molar-refractivity contribution in [3.05, 3.63) is 57.6 Å². The quantitative estimate of drug-likeness (QED) is 0.378. The zero-order valence-electron chi connectivity index (χ0n) is 20.3. The van der Waals surface area contributed by atoms with Crippen molar-refractivity contribution < 1.29 is 19.1 Å². The third-order valence-corrected chi connectivity index (χ3v) is 6.05. The second kappa shape index (κ2) is 14.1. The van der Waals surface area contributed by atoms with E-state index < -0.39 is 6.04 Å². The standard InChI is InChI=1S/C26H34Cl2N2O4/c1-5-22(26(32)29-6-2)30(17-19-9-12-20(27)21(28)15-19)25(31)14-11-18-10-13-23(33-7-3)24(16-18)34-8-4/h9-10,12-13,15-16,22H,5-8,11,14,17H2,1-4H3,(H,29,32). The molecule has 2 amide bonds. The number of nitrogens with one attached hydrogen (secondary N) is 1. The van der Waals surface area contributed by atoms with Crippen LogP contribution in [0.3, 0.4) is 0 Å². The van der Waals surface area contributed by atoms with Crippen LogP contribution in [0.4, 0.5) is 0 Å². The molecule has 0 aromatic heterocycles. The SMILES string of the molecule is CCNC(=O)C(CC)N(Cc1ccc(Cl)c(Cl)c1)C(=O)CCc1ccc(OCC)c(OCC)c1. The van der Waals surface area contributed by atoms with Crippen LogP contribution < -0.4 is 14.8 Å². The summed E-state index contributed by atoms with van der Waals surface area (Å²) < 4.78 is 11.3. The van der Waals surface area contributed by atoms with Gasteiger partial charge in [-0.2, -0.15) is 0 Å². The molecule has 1 atom stereocenters. The Balaban J connectivity index is 2.24. The molecular formula is C26H34Cl2N2O4. The normalized spacial score (nSPS) is 11.6. The summed E-state index contributed by atoms with van der Waals surface area (Å²) in [7, 11) is 0. The smallest absolute Gasteiger partial charge is 0.242 e. The monoisotopic (exact) mass is 508 g/mol. The van der Waals surface area contributed by atoms with E-state index in [1.54, 1.807) is 17.0 Å². The molecule has 2 rings (SSSR count). The first-order valence-corrected chi connectivity index (χ1v) is 12.5. The van der Waals surface area contributed by atoms with Gasteiger partial charge >= 0.3 is 0 Å². The van der Waals surface area contributed by atoms with Gasteiger partial charge in [0.1, 0.15) is 6.04 Å². The highest BCUT2D eigenvalue weighted by Crippen LogP contribution is 2.29. The molecule has 0 spiro atoms. The number of hydrogen-bond acceptors (Lipinski definition) is 4. The van der Waals surface area contributed by atoms with E-state index in [0.717, 1.165) is 11.1 Å². The Kier molecular flexibility index (Phi) is 11.5. The summed E-state index contributed by atoms with van der Waals surface area (Å²) >= 11 is 12.2. The highest BCUT2D eigenvalue weighted by Gasteiger charge is 2.28. The molecule has 8 heteroatoms. The third-order valence-electron chi connectivity index (χ3n) is 5.31. The number of carbonyl (C=O) groups excluding carboxylic acids is 2. The van der Waals surface area contributed by atoms with E-state index in [0.29, 0.717) is 54.1 Å². The van der Waals surface area contributed by atoms with E-state index in [1.807, 2.05) is 52.0 Å². The molecule has 0 aliphatic carbocycles. The molecule has 6 nitrogen and oxygen atoms in total. The molecule has 1 unspecified atom stereocenters. The van der Waals surface area contributed by atoms with Crippen LogP contribution in [0.15, 0.2) is 36.4 Å². The highest BCUT2D eigenvalue weighted by molar-refractivity contribution is 6.42. The van der Waals surface area contributed by atoms with E-state index in [2.05, 4.69) is 5.32 Å². The van der Waals surface area contributed by atoms with Crippen LogP contribution in [0.2, 0.25) is 10.0 Å². The molecule has 0 bridgehead atoms. The minimum atomic E-state index is -0.582. The average Bonchev–Trinajstić information content (AvgIpc) is 2.81. The Morgan fingerprint density at radius 1 is 0.912 bits per heavy atom. The van der Waals surface area contributed by atoms with Gasteiger partial charge in [0.15, 0.2) is 11.5 Å². The highest BCUT2D eigenvalue weighted by atomic mass is 35.5. The van der Waals surface area contributed by atoms with Gasteiger partial charge in [0, 0.05) is 19.5 Å². The number of halogens is 2. The predicted molar refractivity (Wildman–Crippen MR) is 137 cm³/mol. The van der Waals surface area contributed by atoms with Crippen molar-refractivity contribution in [2.24, 2.45) is 0 Å². The zero-order valence-corrected chi connectivity index (χ0v) is 21.8. The molecule has 0 radical (unpaired) electrons. The summed E-state index contributed by atoms with van der Waals surface area (Å²) in [6.45, 7) is 9.41. The van der Waals surface area contributed by atoms with Gasteiger partial charge in [0.05, 0.1) is 23.3 Å². The van der Waals surface area contributed by atoms with E-state index in [1.165, 1.54) is 0 Å². The van der Waals surface area contributed by atoms with Crippen molar-refractivity contribution in [1.29, 1.82) is 0 Å². The molecule has 0 saturated carbocycles. The van der Waals surface area contributed by atoms with Crippen LogP contribution in [-0.4, -0.2) is 42.5 Å². The van der Waals surface area contributed by atoms with E-state index in [9.17, 15) is 9.59 Å². The molecule has 0 aliphatic rings. The second-order valence-corrected chi connectivity index (χ2v) is 8.55. The summed E-state index contributed by atoms with van der Waals surface area (Å²) in [5.41, 5.74) is 1.77. The van der Waals surface area contributed by atoms with E-state index >= 15 is 0 Å². The zero-order chi connectivity index (χ0) is 25.1. The first-order valence-electron chi connectivity index (χ1n) is 11.7.